The summed E-state index contributed by atoms with van der Waals surface area (Å²) in [5.74, 6) is 0.121. The Balaban J connectivity index is 2.61. The van der Waals surface area contributed by atoms with Crippen LogP contribution in [-0.2, 0) is 0 Å². The Kier molecular flexibility index (Phi) is 3.22. The van der Waals surface area contributed by atoms with E-state index < -0.39 is 5.54 Å². The molecule has 1 amide bonds. The van der Waals surface area contributed by atoms with E-state index in [-0.39, 0.29) is 5.91 Å². The monoisotopic (exact) mass is 219 g/mol. The first-order valence-electron chi connectivity index (χ1n) is 3.71. The van der Waals surface area contributed by atoms with Crippen LogP contribution in [-0.4, -0.2) is 26.9 Å². The van der Waals surface area contributed by atoms with Crippen LogP contribution >= 0.6 is 23.1 Å². The Morgan fingerprint density at radius 1 is 1.77 bits per heavy atom. The van der Waals surface area contributed by atoms with E-state index in [0.29, 0.717) is 11.6 Å². The number of carbonyl (C=O) groups is 1. The summed E-state index contributed by atoms with van der Waals surface area (Å²) in [7, 11) is 0. The molecule has 0 fully saturated rings. The van der Waals surface area contributed by atoms with Gasteiger partial charge in [-0.25, -0.2) is 0 Å². The topological polar surface area (TPSA) is 54.9 Å². The van der Waals surface area contributed by atoms with Crippen molar-refractivity contribution < 1.29 is 4.79 Å². The number of nitrogens with one attached hydrogen (secondary N) is 1. The maximum atomic E-state index is 11.4. The summed E-state index contributed by atoms with van der Waals surface area (Å²) in [5.41, 5.74) is -0.0781. The summed E-state index contributed by atoms with van der Waals surface area (Å²) >= 11 is 6.80. The number of aromatic nitrogens is 2. The molecule has 6 heteroatoms. The molecule has 0 aliphatic carbocycles. The molecular weight excluding hydrogens is 210 g/mol. The molecule has 1 rings (SSSR count). The van der Waals surface area contributed by atoms with Crippen molar-refractivity contribution in [2.45, 2.75) is 19.4 Å². The SMILES string of the molecule is CC(C)(CCl)NC(=O)c1csnn1. The molecule has 0 aliphatic heterocycles. The number of alkyl halides is 1. The average molecular weight is 220 g/mol. The smallest absolute Gasteiger partial charge is 0.273 e. The summed E-state index contributed by atoms with van der Waals surface area (Å²) in [6, 6.07) is 0. The van der Waals surface area contributed by atoms with Crippen molar-refractivity contribution in [3.8, 4) is 0 Å². The van der Waals surface area contributed by atoms with Gasteiger partial charge >= 0.3 is 0 Å². The van der Waals surface area contributed by atoms with Gasteiger partial charge in [-0.1, -0.05) is 4.49 Å². The molecule has 72 valence electrons. The third-order valence-electron chi connectivity index (χ3n) is 1.38. The van der Waals surface area contributed by atoms with Crippen molar-refractivity contribution in [1.29, 1.82) is 0 Å². The number of amides is 1. The second-order valence-electron chi connectivity index (χ2n) is 3.26. The van der Waals surface area contributed by atoms with Gasteiger partial charge in [0.1, 0.15) is 0 Å². The molecular formula is C7H10ClN3OS. The molecule has 0 bridgehead atoms. The first-order valence-corrected chi connectivity index (χ1v) is 5.08. The number of hydrogen-bond acceptors (Lipinski definition) is 4. The van der Waals surface area contributed by atoms with E-state index >= 15 is 0 Å². The third-order valence-corrected chi connectivity index (χ3v) is 2.55. The summed E-state index contributed by atoms with van der Waals surface area (Å²) in [6.45, 7) is 3.69. The van der Waals surface area contributed by atoms with Crippen LogP contribution in [0.2, 0.25) is 0 Å². The van der Waals surface area contributed by atoms with E-state index in [4.69, 9.17) is 11.6 Å². The number of rotatable bonds is 3. The lowest BCUT2D eigenvalue weighted by Gasteiger charge is -2.22. The Labute approximate surface area is 85.5 Å². The van der Waals surface area contributed by atoms with E-state index in [1.165, 1.54) is 0 Å². The fourth-order valence-corrected chi connectivity index (χ4v) is 1.17. The zero-order valence-corrected chi connectivity index (χ0v) is 8.95. The molecule has 0 radical (unpaired) electrons. The molecule has 1 aromatic rings. The highest BCUT2D eigenvalue weighted by Gasteiger charge is 2.20. The molecule has 1 aromatic heterocycles. The van der Waals surface area contributed by atoms with Gasteiger partial charge in [0.15, 0.2) is 5.69 Å². The zero-order valence-electron chi connectivity index (χ0n) is 7.37. The lowest BCUT2D eigenvalue weighted by atomic mass is 10.1. The predicted octanol–water partition coefficient (Wildman–Crippen LogP) is 1.29. The van der Waals surface area contributed by atoms with Gasteiger partial charge < -0.3 is 5.32 Å². The van der Waals surface area contributed by atoms with Crippen LogP contribution in [0.3, 0.4) is 0 Å². The summed E-state index contributed by atoms with van der Waals surface area (Å²) < 4.78 is 3.60. The Morgan fingerprint density at radius 2 is 2.46 bits per heavy atom. The highest BCUT2D eigenvalue weighted by atomic mass is 35.5. The minimum atomic E-state index is -0.414. The van der Waals surface area contributed by atoms with Crippen LogP contribution in [0.4, 0.5) is 0 Å². The third kappa shape index (κ3) is 2.93. The highest BCUT2D eigenvalue weighted by molar-refractivity contribution is 7.03. The lowest BCUT2D eigenvalue weighted by molar-refractivity contribution is 0.0915. The lowest BCUT2D eigenvalue weighted by Crippen LogP contribution is -2.45. The zero-order chi connectivity index (χ0) is 9.90. The van der Waals surface area contributed by atoms with Crippen molar-refractivity contribution in [2.24, 2.45) is 0 Å². The largest absolute Gasteiger partial charge is 0.345 e. The van der Waals surface area contributed by atoms with Gasteiger partial charge in [-0.05, 0) is 25.4 Å². The molecule has 0 aromatic carbocycles. The van der Waals surface area contributed by atoms with Crippen molar-refractivity contribution in [3.05, 3.63) is 11.1 Å². The first kappa shape index (κ1) is 10.4. The second kappa shape index (κ2) is 4.02. The second-order valence-corrected chi connectivity index (χ2v) is 4.14. The molecule has 1 heterocycles. The Bertz CT molecular complexity index is 286. The van der Waals surface area contributed by atoms with E-state index in [1.54, 1.807) is 5.38 Å². The van der Waals surface area contributed by atoms with E-state index in [9.17, 15) is 4.79 Å². The van der Waals surface area contributed by atoms with Gasteiger partial charge in [0.2, 0.25) is 0 Å². The van der Waals surface area contributed by atoms with Crippen LogP contribution in [0.5, 0.6) is 0 Å². The van der Waals surface area contributed by atoms with Gasteiger partial charge in [0.05, 0.1) is 0 Å². The minimum absolute atomic E-state index is 0.237. The summed E-state index contributed by atoms with van der Waals surface area (Å²) in [5, 5.41) is 7.99. The predicted molar refractivity (Wildman–Crippen MR) is 52.2 cm³/mol. The van der Waals surface area contributed by atoms with E-state index in [2.05, 4.69) is 14.9 Å². The number of halogens is 1. The molecule has 0 spiro atoms. The standard InChI is InChI=1S/C7H10ClN3OS/c1-7(2,4-8)9-6(12)5-3-13-11-10-5/h3H,4H2,1-2H3,(H,9,12). The van der Waals surface area contributed by atoms with E-state index in [1.807, 2.05) is 13.8 Å². The van der Waals surface area contributed by atoms with Crippen molar-refractivity contribution in [1.82, 2.24) is 14.9 Å². The number of carbonyl (C=O) groups excluding carboxylic acids is 1. The molecule has 4 nitrogen and oxygen atoms in total. The van der Waals surface area contributed by atoms with E-state index in [0.717, 1.165) is 11.5 Å². The van der Waals surface area contributed by atoms with Gasteiger partial charge in [0, 0.05) is 16.8 Å². The quantitative estimate of drug-likeness (QED) is 0.780. The Morgan fingerprint density at radius 3 is 2.92 bits per heavy atom. The van der Waals surface area contributed by atoms with Gasteiger partial charge in [0.25, 0.3) is 5.91 Å². The first-order chi connectivity index (χ1) is 6.05. The molecule has 0 unspecified atom stereocenters. The molecule has 0 atom stereocenters. The summed E-state index contributed by atoms with van der Waals surface area (Å²) in [6.07, 6.45) is 0. The van der Waals surface area contributed by atoms with Gasteiger partial charge in [-0.2, -0.15) is 0 Å². The maximum Gasteiger partial charge on any atom is 0.273 e. The molecule has 13 heavy (non-hydrogen) atoms. The van der Waals surface area contributed by atoms with Crippen LogP contribution in [0.15, 0.2) is 5.38 Å². The Hall–Kier alpha value is -0.680. The summed E-state index contributed by atoms with van der Waals surface area (Å²) in [4.78, 5) is 11.4. The van der Waals surface area contributed by atoms with Crippen LogP contribution in [0.1, 0.15) is 24.3 Å². The van der Waals surface area contributed by atoms with Crippen molar-refractivity contribution in [2.75, 3.05) is 5.88 Å². The molecule has 0 aliphatic rings. The fraction of sp³-hybridized carbons (Fsp3) is 0.571. The molecule has 1 N–H and O–H groups in total. The van der Waals surface area contributed by atoms with Crippen LogP contribution in [0.25, 0.3) is 0 Å². The molecule has 0 saturated heterocycles. The van der Waals surface area contributed by atoms with Gasteiger partial charge in [-0.3, -0.25) is 4.79 Å². The number of hydrogen-bond donors (Lipinski definition) is 1. The maximum absolute atomic E-state index is 11.4. The van der Waals surface area contributed by atoms with Crippen LogP contribution in [0, 0.1) is 0 Å². The van der Waals surface area contributed by atoms with Crippen LogP contribution < -0.4 is 5.32 Å². The van der Waals surface area contributed by atoms with Crippen molar-refractivity contribution in [3.63, 3.8) is 0 Å². The normalized spacial score (nSPS) is 11.3. The van der Waals surface area contributed by atoms with Gasteiger partial charge in [-0.15, -0.1) is 16.7 Å². The fourth-order valence-electron chi connectivity index (χ4n) is 0.668. The highest BCUT2D eigenvalue weighted by Crippen LogP contribution is 2.06. The average Bonchev–Trinajstić information content (AvgIpc) is 2.55. The minimum Gasteiger partial charge on any atom is -0.345 e. The van der Waals surface area contributed by atoms with Crippen molar-refractivity contribution >= 4 is 29.0 Å². The molecule has 0 saturated carbocycles. The number of nitrogens with zero attached hydrogens (tertiary/aromatic N) is 2.